The maximum Gasteiger partial charge on any atom is 2.00 e. The van der Waals surface area contributed by atoms with Gasteiger partial charge in [-0.25, -0.2) is 0 Å². The molecule has 0 aliphatic carbocycles. The van der Waals surface area contributed by atoms with Crippen molar-refractivity contribution in [2.75, 3.05) is 0 Å². The van der Waals surface area contributed by atoms with Crippen LogP contribution in [0.25, 0.3) is 0 Å². The largest absolute Gasteiger partial charge is 2.00 e. The summed E-state index contributed by atoms with van der Waals surface area (Å²) in [5.41, 5.74) is 0. The number of hydrogen-bond acceptors (Lipinski definition) is 2. The summed E-state index contributed by atoms with van der Waals surface area (Å²) in [6, 6.07) is 0. The first-order valence-electron chi connectivity index (χ1n) is 2.56. The van der Waals surface area contributed by atoms with Crippen LogP contribution in [0, 0.1) is 0 Å². The van der Waals surface area contributed by atoms with Gasteiger partial charge >= 0.3 is 60.8 Å². The molecule has 0 aromatic rings. The van der Waals surface area contributed by atoms with Gasteiger partial charge in [-0.1, -0.05) is 0 Å². The molecule has 0 heterocycles. The summed E-state index contributed by atoms with van der Waals surface area (Å²) >= 11 is 0. The first kappa shape index (κ1) is 13.1. The van der Waals surface area contributed by atoms with Gasteiger partial charge in [-0.05, 0) is 6.42 Å². The van der Waals surface area contributed by atoms with E-state index in [2.05, 4.69) is 0 Å². The predicted octanol–water partition coefficient (Wildman–Crippen LogP) is 0.170. The molecular formula is C5H10BaO4. The summed E-state index contributed by atoms with van der Waals surface area (Å²) in [6.07, 6.45) is 0.0866. The van der Waals surface area contributed by atoms with Crippen molar-refractivity contribution < 1.29 is 22.7 Å². The summed E-state index contributed by atoms with van der Waals surface area (Å²) in [7, 11) is 0. The molecule has 0 bridgehead atoms. The number of rotatable bonds is 4. The second-order valence-electron chi connectivity index (χ2n) is 1.64. The minimum atomic E-state index is -0.948. The third-order valence-electron chi connectivity index (χ3n) is 0.781. The van der Waals surface area contributed by atoms with Gasteiger partial charge in [0.05, 0.1) is 0 Å². The molecule has 0 amide bonds. The van der Waals surface area contributed by atoms with Gasteiger partial charge in [0.1, 0.15) is 0 Å². The quantitative estimate of drug-likeness (QED) is 0.715. The third kappa shape index (κ3) is 11.3. The maximum atomic E-state index is 9.79. The predicted molar refractivity (Wildman–Crippen MR) is 37.1 cm³/mol. The number of hydrogen-bond donors (Lipinski definition) is 2. The number of carboxylic acids is 2. The number of aliphatic carboxylic acids is 2. The van der Waals surface area contributed by atoms with E-state index in [-0.39, 0.29) is 71.0 Å². The molecule has 0 atom stereocenters. The molecular weight excluding hydrogens is 261 g/mol. The molecule has 0 saturated heterocycles. The van der Waals surface area contributed by atoms with Crippen LogP contribution in [0.15, 0.2) is 0 Å². The van der Waals surface area contributed by atoms with Gasteiger partial charge in [-0.3, -0.25) is 9.59 Å². The van der Waals surface area contributed by atoms with Crippen molar-refractivity contribution in [3.63, 3.8) is 0 Å². The average molecular weight is 271 g/mol. The molecule has 0 aromatic carbocycles. The first-order chi connectivity index (χ1) is 4.13. The standard InChI is InChI=1S/C5H8O4.Ba.2H/c6-4(7)2-1-3-5(8)9;;;/h1-3H2,(H,6,7)(H,8,9);;;/q;+2;2*-1. The Morgan fingerprint density at radius 2 is 1.40 bits per heavy atom. The SMILES string of the molecule is O=C(O)CCCC(=O)O.[Ba+2].[H-].[H-]. The minimum absolute atomic E-state index is 0. The molecule has 0 aliphatic heterocycles. The second-order valence-corrected chi connectivity index (χ2v) is 1.64. The number of carbonyl (C=O) groups is 2. The zero-order valence-corrected chi connectivity index (χ0v) is 9.98. The fraction of sp³-hybridized carbons (Fsp3) is 0.600. The molecule has 0 radical (unpaired) electrons. The van der Waals surface area contributed by atoms with Crippen LogP contribution >= 0.6 is 0 Å². The van der Waals surface area contributed by atoms with E-state index in [1.807, 2.05) is 0 Å². The molecule has 10 heavy (non-hydrogen) atoms. The van der Waals surface area contributed by atoms with Crippen LogP contribution in [0.4, 0.5) is 0 Å². The van der Waals surface area contributed by atoms with Gasteiger partial charge in [0, 0.05) is 12.8 Å². The van der Waals surface area contributed by atoms with Gasteiger partial charge in [-0.2, -0.15) is 0 Å². The summed E-state index contributed by atoms with van der Waals surface area (Å²) in [5.74, 6) is -1.90. The van der Waals surface area contributed by atoms with Crippen LogP contribution in [-0.4, -0.2) is 71.0 Å². The van der Waals surface area contributed by atoms with Gasteiger partial charge in [0.2, 0.25) is 0 Å². The van der Waals surface area contributed by atoms with Crippen molar-refractivity contribution in [2.45, 2.75) is 19.3 Å². The van der Waals surface area contributed by atoms with Crippen LogP contribution < -0.4 is 0 Å². The molecule has 0 rings (SSSR count). The van der Waals surface area contributed by atoms with Crippen molar-refractivity contribution in [3.05, 3.63) is 0 Å². The molecule has 2 N–H and O–H groups in total. The summed E-state index contributed by atoms with van der Waals surface area (Å²) < 4.78 is 0. The monoisotopic (exact) mass is 272 g/mol. The first-order valence-corrected chi connectivity index (χ1v) is 2.56. The second kappa shape index (κ2) is 7.62. The molecule has 5 heteroatoms. The van der Waals surface area contributed by atoms with E-state index >= 15 is 0 Å². The zero-order valence-electron chi connectivity index (χ0n) is 7.54. The molecule has 4 nitrogen and oxygen atoms in total. The summed E-state index contributed by atoms with van der Waals surface area (Å²) in [4.78, 5) is 19.6. The van der Waals surface area contributed by atoms with Crippen molar-refractivity contribution in [1.82, 2.24) is 0 Å². The Morgan fingerprint density at radius 3 is 1.60 bits per heavy atom. The Hall–Kier alpha value is 0.511. The third-order valence-corrected chi connectivity index (χ3v) is 0.781. The van der Waals surface area contributed by atoms with Crippen molar-refractivity contribution in [2.24, 2.45) is 0 Å². The molecule has 0 aromatic heterocycles. The smallest absolute Gasteiger partial charge is 1.00 e. The fourth-order valence-electron chi connectivity index (χ4n) is 0.391. The Bertz CT molecular complexity index is 117. The van der Waals surface area contributed by atoms with Crippen molar-refractivity contribution in [3.8, 4) is 0 Å². The Balaban J connectivity index is -0.000000107. The molecule has 0 spiro atoms. The maximum absolute atomic E-state index is 9.79. The Labute approximate surface area is 102 Å². The molecule has 56 valence electrons. The van der Waals surface area contributed by atoms with E-state index in [9.17, 15) is 9.59 Å². The van der Waals surface area contributed by atoms with Gasteiger partial charge in [0.15, 0.2) is 0 Å². The van der Waals surface area contributed by atoms with Crippen LogP contribution in [-0.2, 0) is 9.59 Å². The minimum Gasteiger partial charge on any atom is -1.00 e. The van der Waals surface area contributed by atoms with Crippen LogP contribution in [0.3, 0.4) is 0 Å². The molecule has 0 unspecified atom stereocenters. The van der Waals surface area contributed by atoms with Gasteiger partial charge < -0.3 is 13.1 Å². The fourth-order valence-corrected chi connectivity index (χ4v) is 0.391. The Kier molecular flexibility index (Phi) is 10.00. The Morgan fingerprint density at radius 1 is 1.10 bits per heavy atom. The normalized spacial score (nSPS) is 8.00. The van der Waals surface area contributed by atoms with E-state index in [0.29, 0.717) is 0 Å². The molecule has 0 fully saturated rings. The van der Waals surface area contributed by atoms with E-state index in [1.54, 1.807) is 0 Å². The van der Waals surface area contributed by atoms with Gasteiger partial charge in [-0.15, -0.1) is 0 Å². The topological polar surface area (TPSA) is 74.6 Å². The molecule has 0 saturated carbocycles. The number of carboxylic acid groups (broad SMARTS) is 2. The van der Waals surface area contributed by atoms with E-state index in [4.69, 9.17) is 10.2 Å². The molecule has 0 aliphatic rings. The van der Waals surface area contributed by atoms with E-state index in [1.165, 1.54) is 0 Å². The summed E-state index contributed by atoms with van der Waals surface area (Å²) in [6.45, 7) is 0. The van der Waals surface area contributed by atoms with Crippen LogP contribution in [0.2, 0.25) is 0 Å². The van der Waals surface area contributed by atoms with Crippen molar-refractivity contribution >= 4 is 60.8 Å². The average Bonchev–Trinajstić information content (AvgIpc) is 1.63. The van der Waals surface area contributed by atoms with E-state index < -0.39 is 11.9 Å². The van der Waals surface area contributed by atoms with Crippen LogP contribution in [0.5, 0.6) is 0 Å². The zero-order chi connectivity index (χ0) is 7.28. The van der Waals surface area contributed by atoms with Gasteiger partial charge in [0.25, 0.3) is 0 Å². The summed E-state index contributed by atoms with van der Waals surface area (Å²) in [5, 5.41) is 16.1. The van der Waals surface area contributed by atoms with Crippen molar-refractivity contribution in [1.29, 1.82) is 0 Å². The van der Waals surface area contributed by atoms with E-state index in [0.717, 1.165) is 0 Å². The van der Waals surface area contributed by atoms with Crippen LogP contribution in [0.1, 0.15) is 22.1 Å².